The van der Waals surface area contributed by atoms with E-state index in [1.807, 2.05) is 0 Å². The standard InChI is InChI=1S/C13H12N2O4/c1-18-10-7-14-11(15-12(10)16)8-3-5-9(6-4-8)13(17)19-2/h3-7H,1-2H3,(H,14,15,16). The molecule has 1 aromatic carbocycles. The number of carbonyl (C=O) groups excluding carboxylic acids is 1. The van der Waals surface area contributed by atoms with Crippen molar-refractivity contribution in [3.63, 3.8) is 0 Å². The molecule has 0 radical (unpaired) electrons. The van der Waals surface area contributed by atoms with Gasteiger partial charge in [0.2, 0.25) is 5.75 Å². The SMILES string of the molecule is COC(=O)c1ccc(-c2ncc(OC)c(=O)[nH]2)cc1. The molecule has 0 aliphatic rings. The van der Waals surface area contributed by atoms with Gasteiger partial charge in [0.1, 0.15) is 5.82 Å². The van der Waals surface area contributed by atoms with Gasteiger partial charge in [0.15, 0.2) is 0 Å². The summed E-state index contributed by atoms with van der Waals surface area (Å²) >= 11 is 0. The Balaban J connectivity index is 2.35. The minimum absolute atomic E-state index is 0.148. The van der Waals surface area contributed by atoms with E-state index in [2.05, 4.69) is 14.7 Å². The molecule has 19 heavy (non-hydrogen) atoms. The van der Waals surface area contributed by atoms with Crippen molar-refractivity contribution >= 4 is 5.97 Å². The molecule has 1 heterocycles. The Hall–Kier alpha value is -2.63. The zero-order chi connectivity index (χ0) is 13.8. The Kier molecular flexibility index (Phi) is 3.61. The molecule has 6 heteroatoms. The van der Waals surface area contributed by atoms with Crippen molar-refractivity contribution in [3.05, 3.63) is 46.4 Å². The molecule has 6 nitrogen and oxygen atoms in total. The molecule has 0 fully saturated rings. The largest absolute Gasteiger partial charge is 0.490 e. The number of hydrogen-bond acceptors (Lipinski definition) is 5. The quantitative estimate of drug-likeness (QED) is 0.839. The van der Waals surface area contributed by atoms with Crippen LogP contribution >= 0.6 is 0 Å². The molecule has 0 amide bonds. The minimum Gasteiger partial charge on any atom is -0.490 e. The second-order valence-corrected chi connectivity index (χ2v) is 3.70. The Morgan fingerprint density at radius 1 is 1.21 bits per heavy atom. The van der Waals surface area contributed by atoms with Crippen LogP contribution in [0, 0.1) is 0 Å². The molecule has 1 N–H and O–H groups in total. The monoisotopic (exact) mass is 260 g/mol. The van der Waals surface area contributed by atoms with Crippen LogP contribution in [0.15, 0.2) is 35.3 Å². The van der Waals surface area contributed by atoms with Crippen molar-refractivity contribution < 1.29 is 14.3 Å². The Bertz CT molecular complexity index is 646. The van der Waals surface area contributed by atoms with Crippen molar-refractivity contribution in [2.75, 3.05) is 14.2 Å². The molecular formula is C13H12N2O4. The Labute approximate surface area is 109 Å². The number of aromatic amines is 1. The van der Waals surface area contributed by atoms with Crippen molar-refractivity contribution in [3.8, 4) is 17.1 Å². The van der Waals surface area contributed by atoms with Gasteiger partial charge in [-0.1, -0.05) is 12.1 Å². The average Bonchev–Trinajstić information content (AvgIpc) is 2.46. The van der Waals surface area contributed by atoms with Crippen LogP contribution in [0.2, 0.25) is 0 Å². The third-order valence-electron chi connectivity index (χ3n) is 2.57. The van der Waals surface area contributed by atoms with E-state index in [0.29, 0.717) is 17.0 Å². The summed E-state index contributed by atoms with van der Waals surface area (Å²) in [6.07, 6.45) is 1.35. The first kappa shape index (κ1) is 12.8. The zero-order valence-corrected chi connectivity index (χ0v) is 10.5. The van der Waals surface area contributed by atoms with Gasteiger partial charge in [-0.05, 0) is 12.1 Å². The second-order valence-electron chi connectivity index (χ2n) is 3.70. The van der Waals surface area contributed by atoms with E-state index in [9.17, 15) is 9.59 Å². The number of carbonyl (C=O) groups is 1. The highest BCUT2D eigenvalue weighted by molar-refractivity contribution is 5.89. The number of nitrogens with one attached hydrogen (secondary N) is 1. The average molecular weight is 260 g/mol. The van der Waals surface area contributed by atoms with E-state index in [1.54, 1.807) is 24.3 Å². The van der Waals surface area contributed by atoms with E-state index in [0.717, 1.165) is 0 Å². The number of H-pyrrole nitrogens is 1. The van der Waals surface area contributed by atoms with Gasteiger partial charge >= 0.3 is 5.97 Å². The van der Waals surface area contributed by atoms with Crippen LogP contribution < -0.4 is 10.3 Å². The normalized spacial score (nSPS) is 10.0. The van der Waals surface area contributed by atoms with E-state index >= 15 is 0 Å². The van der Waals surface area contributed by atoms with Crippen molar-refractivity contribution in [2.45, 2.75) is 0 Å². The number of nitrogens with zero attached hydrogens (tertiary/aromatic N) is 1. The fourth-order valence-corrected chi connectivity index (χ4v) is 1.56. The molecule has 0 aliphatic carbocycles. The summed E-state index contributed by atoms with van der Waals surface area (Å²) in [6.45, 7) is 0. The first-order chi connectivity index (χ1) is 9.15. The van der Waals surface area contributed by atoms with Crippen LogP contribution in [0.3, 0.4) is 0 Å². The van der Waals surface area contributed by atoms with Crippen LogP contribution in [0.25, 0.3) is 11.4 Å². The molecule has 0 saturated carbocycles. The van der Waals surface area contributed by atoms with Gasteiger partial charge in [-0.2, -0.15) is 0 Å². The van der Waals surface area contributed by atoms with Gasteiger partial charge < -0.3 is 14.5 Å². The molecule has 0 bridgehead atoms. The van der Waals surface area contributed by atoms with E-state index in [4.69, 9.17) is 4.74 Å². The molecule has 0 aliphatic heterocycles. The van der Waals surface area contributed by atoms with Crippen LogP contribution in [-0.2, 0) is 4.74 Å². The van der Waals surface area contributed by atoms with Crippen LogP contribution in [0.1, 0.15) is 10.4 Å². The number of hydrogen-bond donors (Lipinski definition) is 1. The smallest absolute Gasteiger partial charge is 0.337 e. The number of benzene rings is 1. The van der Waals surface area contributed by atoms with Crippen molar-refractivity contribution in [1.82, 2.24) is 9.97 Å². The van der Waals surface area contributed by atoms with E-state index in [-0.39, 0.29) is 11.3 Å². The minimum atomic E-state index is -0.414. The highest BCUT2D eigenvalue weighted by Crippen LogP contribution is 2.15. The lowest BCUT2D eigenvalue weighted by Gasteiger charge is -2.03. The first-order valence-corrected chi connectivity index (χ1v) is 5.47. The molecule has 0 unspecified atom stereocenters. The lowest BCUT2D eigenvalue weighted by molar-refractivity contribution is 0.0601. The maximum atomic E-state index is 11.6. The van der Waals surface area contributed by atoms with Gasteiger partial charge in [0, 0.05) is 5.56 Å². The second kappa shape index (κ2) is 5.34. The first-order valence-electron chi connectivity index (χ1n) is 5.47. The maximum absolute atomic E-state index is 11.6. The predicted octanol–water partition coefficient (Wildman–Crippen LogP) is 1.23. The van der Waals surface area contributed by atoms with Gasteiger partial charge in [0.25, 0.3) is 5.56 Å². The van der Waals surface area contributed by atoms with E-state index in [1.165, 1.54) is 20.4 Å². The van der Waals surface area contributed by atoms with Gasteiger partial charge in [-0.3, -0.25) is 4.79 Å². The zero-order valence-electron chi connectivity index (χ0n) is 10.5. The number of rotatable bonds is 3. The third-order valence-corrected chi connectivity index (χ3v) is 2.57. The number of ether oxygens (including phenoxy) is 2. The third kappa shape index (κ3) is 2.62. The molecule has 0 saturated heterocycles. The molecular weight excluding hydrogens is 248 g/mol. The summed E-state index contributed by atoms with van der Waals surface area (Å²) in [4.78, 5) is 29.5. The number of esters is 1. The van der Waals surface area contributed by atoms with E-state index < -0.39 is 5.97 Å². The number of aromatic nitrogens is 2. The van der Waals surface area contributed by atoms with Crippen molar-refractivity contribution in [2.24, 2.45) is 0 Å². The summed E-state index contributed by atoms with van der Waals surface area (Å²) < 4.78 is 9.44. The molecule has 0 atom stereocenters. The summed E-state index contributed by atoms with van der Waals surface area (Å²) in [5.41, 5.74) is 0.763. The van der Waals surface area contributed by atoms with Gasteiger partial charge in [0.05, 0.1) is 26.0 Å². The molecule has 2 aromatic rings. The molecule has 98 valence electrons. The molecule has 1 aromatic heterocycles. The predicted molar refractivity (Wildman–Crippen MR) is 68.2 cm³/mol. The highest BCUT2D eigenvalue weighted by atomic mass is 16.5. The Morgan fingerprint density at radius 2 is 1.89 bits per heavy atom. The molecule has 0 spiro atoms. The van der Waals surface area contributed by atoms with Crippen LogP contribution in [-0.4, -0.2) is 30.2 Å². The lowest BCUT2D eigenvalue weighted by Crippen LogP contribution is -2.11. The topological polar surface area (TPSA) is 81.3 Å². The Morgan fingerprint density at radius 3 is 2.42 bits per heavy atom. The highest BCUT2D eigenvalue weighted by Gasteiger charge is 2.07. The maximum Gasteiger partial charge on any atom is 0.337 e. The van der Waals surface area contributed by atoms with Crippen molar-refractivity contribution in [1.29, 1.82) is 0 Å². The van der Waals surface area contributed by atoms with Crippen LogP contribution in [0.5, 0.6) is 5.75 Å². The fraction of sp³-hybridized carbons (Fsp3) is 0.154. The lowest BCUT2D eigenvalue weighted by atomic mass is 10.1. The summed E-state index contributed by atoms with van der Waals surface area (Å²) in [7, 11) is 2.72. The fourth-order valence-electron chi connectivity index (χ4n) is 1.56. The van der Waals surface area contributed by atoms with Gasteiger partial charge in [-0.25, -0.2) is 9.78 Å². The summed E-state index contributed by atoms with van der Waals surface area (Å²) in [5, 5.41) is 0. The summed E-state index contributed by atoms with van der Waals surface area (Å²) in [6, 6.07) is 6.56. The van der Waals surface area contributed by atoms with Crippen LogP contribution in [0.4, 0.5) is 0 Å². The number of methoxy groups -OCH3 is 2. The molecule has 2 rings (SSSR count). The summed E-state index contributed by atoms with van der Waals surface area (Å²) in [5.74, 6) is 0.139. The van der Waals surface area contributed by atoms with Gasteiger partial charge in [-0.15, -0.1) is 0 Å².